The average Bonchev–Trinajstić information content (AvgIpc) is 3.24. The van der Waals surface area contributed by atoms with E-state index in [0.717, 1.165) is 19.3 Å². The summed E-state index contributed by atoms with van der Waals surface area (Å²) in [5.41, 5.74) is -0.936. The molecule has 2 aliphatic rings. The van der Waals surface area contributed by atoms with Gasteiger partial charge in [-0.05, 0) is 32.6 Å². The summed E-state index contributed by atoms with van der Waals surface area (Å²) >= 11 is 0. The molecule has 1 N–H and O–H groups in total. The predicted molar refractivity (Wildman–Crippen MR) is 88.6 cm³/mol. The Morgan fingerprint density at radius 3 is 2.39 bits per heavy atom. The molecule has 132 valence electrons. The Balaban J connectivity index is 1.98. The van der Waals surface area contributed by atoms with Crippen molar-refractivity contribution in [2.24, 2.45) is 5.41 Å². The fourth-order valence-electron chi connectivity index (χ4n) is 3.27. The van der Waals surface area contributed by atoms with Crippen LogP contribution in [0.15, 0.2) is 0 Å². The van der Waals surface area contributed by atoms with Crippen molar-refractivity contribution in [2.75, 3.05) is 24.6 Å². The second-order valence-corrected chi connectivity index (χ2v) is 8.92. The number of nitrogens with zero attached hydrogens (tertiary/aromatic N) is 1. The summed E-state index contributed by atoms with van der Waals surface area (Å²) in [5, 5.41) is 2.88. The van der Waals surface area contributed by atoms with Gasteiger partial charge < -0.3 is 10.2 Å². The maximum atomic E-state index is 12.9. The van der Waals surface area contributed by atoms with Crippen LogP contribution < -0.4 is 5.32 Å². The van der Waals surface area contributed by atoms with E-state index in [1.807, 2.05) is 6.92 Å². The van der Waals surface area contributed by atoms with Gasteiger partial charge in [0.1, 0.15) is 5.41 Å². The standard InChI is InChI=1S/C16H28N2O4S/c1-3-5-6-10-17-14(19)16(8-9-16)15(20)18(4-2)13-7-11-23(21,22)12-13/h13H,3-12H2,1-2H3,(H,17,19). The normalized spacial score (nSPS) is 24.2. The molecule has 23 heavy (non-hydrogen) atoms. The molecule has 1 saturated heterocycles. The van der Waals surface area contributed by atoms with Crippen LogP contribution in [0.25, 0.3) is 0 Å². The number of carbonyl (C=O) groups excluding carboxylic acids is 2. The summed E-state index contributed by atoms with van der Waals surface area (Å²) in [7, 11) is -3.04. The minimum absolute atomic E-state index is 0.0286. The van der Waals surface area contributed by atoms with Gasteiger partial charge in [-0.1, -0.05) is 19.8 Å². The van der Waals surface area contributed by atoms with Gasteiger partial charge in [-0.3, -0.25) is 9.59 Å². The fraction of sp³-hybridized carbons (Fsp3) is 0.875. The first-order chi connectivity index (χ1) is 10.9. The monoisotopic (exact) mass is 344 g/mol. The van der Waals surface area contributed by atoms with Crippen LogP contribution in [0.1, 0.15) is 52.4 Å². The highest BCUT2D eigenvalue weighted by atomic mass is 32.2. The SMILES string of the molecule is CCCCCNC(=O)C1(C(=O)N(CC)C2CCS(=O)(=O)C2)CC1. The Bertz CT molecular complexity index is 554. The van der Waals surface area contributed by atoms with E-state index in [2.05, 4.69) is 12.2 Å². The van der Waals surface area contributed by atoms with Gasteiger partial charge in [-0.2, -0.15) is 0 Å². The third-order valence-corrected chi connectivity index (χ3v) is 6.66. The number of amides is 2. The van der Waals surface area contributed by atoms with Crippen LogP contribution in [0, 0.1) is 5.41 Å². The lowest BCUT2D eigenvalue weighted by molar-refractivity contribution is -0.145. The van der Waals surface area contributed by atoms with Crippen LogP contribution in [0.4, 0.5) is 0 Å². The van der Waals surface area contributed by atoms with Crippen LogP contribution in [-0.2, 0) is 19.4 Å². The van der Waals surface area contributed by atoms with E-state index in [0.29, 0.717) is 32.4 Å². The topological polar surface area (TPSA) is 83.6 Å². The van der Waals surface area contributed by atoms with Gasteiger partial charge in [-0.25, -0.2) is 8.42 Å². The summed E-state index contributed by atoms with van der Waals surface area (Å²) in [6, 6.07) is -0.275. The number of nitrogens with one attached hydrogen (secondary N) is 1. The van der Waals surface area contributed by atoms with Gasteiger partial charge in [0.05, 0.1) is 11.5 Å². The lowest BCUT2D eigenvalue weighted by atomic mass is 10.0. The van der Waals surface area contributed by atoms with E-state index in [1.165, 1.54) is 0 Å². The second kappa shape index (κ2) is 7.20. The zero-order valence-electron chi connectivity index (χ0n) is 14.1. The molecule has 0 aromatic heterocycles. The third-order valence-electron chi connectivity index (χ3n) is 4.91. The Labute approximate surface area is 138 Å². The van der Waals surface area contributed by atoms with Crippen LogP contribution in [0.5, 0.6) is 0 Å². The maximum absolute atomic E-state index is 12.9. The highest BCUT2D eigenvalue weighted by Gasteiger charge is 2.58. The first kappa shape index (κ1) is 18.2. The van der Waals surface area contributed by atoms with Crippen molar-refractivity contribution < 1.29 is 18.0 Å². The number of carbonyl (C=O) groups is 2. The van der Waals surface area contributed by atoms with Crippen molar-refractivity contribution in [3.8, 4) is 0 Å². The molecule has 7 heteroatoms. The van der Waals surface area contributed by atoms with Crippen molar-refractivity contribution in [2.45, 2.75) is 58.4 Å². The van der Waals surface area contributed by atoms with E-state index in [9.17, 15) is 18.0 Å². The van der Waals surface area contributed by atoms with Crippen molar-refractivity contribution in [3.05, 3.63) is 0 Å². The molecule has 1 aliphatic heterocycles. The fourth-order valence-corrected chi connectivity index (χ4v) is 5.00. The molecular weight excluding hydrogens is 316 g/mol. The molecule has 0 radical (unpaired) electrons. The Kier molecular flexibility index (Phi) is 5.70. The van der Waals surface area contributed by atoms with Crippen LogP contribution in [-0.4, -0.2) is 55.8 Å². The van der Waals surface area contributed by atoms with Crippen molar-refractivity contribution in [1.29, 1.82) is 0 Å². The smallest absolute Gasteiger partial charge is 0.238 e. The molecule has 0 aromatic carbocycles. The minimum atomic E-state index is -3.04. The molecule has 6 nitrogen and oxygen atoms in total. The van der Waals surface area contributed by atoms with Gasteiger partial charge in [0, 0.05) is 19.1 Å². The molecule has 1 heterocycles. The number of rotatable bonds is 8. The van der Waals surface area contributed by atoms with E-state index < -0.39 is 15.3 Å². The highest BCUT2D eigenvalue weighted by molar-refractivity contribution is 7.91. The molecule has 2 fully saturated rings. The minimum Gasteiger partial charge on any atom is -0.355 e. The van der Waals surface area contributed by atoms with Gasteiger partial charge in [0.15, 0.2) is 9.84 Å². The Morgan fingerprint density at radius 1 is 1.22 bits per heavy atom. The zero-order valence-corrected chi connectivity index (χ0v) is 15.0. The summed E-state index contributed by atoms with van der Waals surface area (Å²) in [6.45, 7) is 5.00. The second-order valence-electron chi connectivity index (χ2n) is 6.69. The molecule has 2 amide bonds. The average molecular weight is 344 g/mol. The van der Waals surface area contributed by atoms with Crippen molar-refractivity contribution in [3.63, 3.8) is 0 Å². The summed E-state index contributed by atoms with van der Waals surface area (Å²) in [6.07, 6.45) is 4.69. The Hall–Kier alpha value is -1.11. The summed E-state index contributed by atoms with van der Waals surface area (Å²) in [4.78, 5) is 26.9. The van der Waals surface area contributed by atoms with E-state index in [-0.39, 0.29) is 29.4 Å². The van der Waals surface area contributed by atoms with Crippen LogP contribution >= 0.6 is 0 Å². The molecule has 0 bridgehead atoms. The molecule has 1 saturated carbocycles. The van der Waals surface area contributed by atoms with Crippen LogP contribution in [0.3, 0.4) is 0 Å². The molecule has 2 rings (SSSR count). The van der Waals surface area contributed by atoms with Gasteiger partial charge in [0.2, 0.25) is 11.8 Å². The van der Waals surface area contributed by atoms with Crippen molar-refractivity contribution in [1.82, 2.24) is 10.2 Å². The molecule has 0 spiro atoms. The first-order valence-corrected chi connectivity index (χ1v) is 10.5. The van der Waals surface area contributed by atoms with E-state index >= 15 is 0 Å². The molecule has 0 aromatic rings. The van der Waals surface area contributed by atoms with E-state index in [1.54, 1.807) is 4.90 Å². The quantitative estimate of drug-likeness (QED) is 0.528. The van der Waals surface area contributed by atoms with Crippen molar-refractivity contribution >= 4 is 21.7 Å². The lowest BCUT2D eigenvalue weighted by Gasteiger charge is -2.30. The number of hydrogen-bond donors (Lipinski definition) is 1. The number of sulfone groups is 1. The highest BCUT2D eigenvalue weighted by Crippen LogP contribution is 2.48. The number of hydrogen-bond acceptors (Lipinski definition) is 4. The first-order valence-electron chi connectivity index (χ1n) is 8.66. The predicted octanol–water partition coefficient (Wildman–Crippen LogP) is 1.11. The number of unbranched alkanes of at least 4 members (excludes halogenated alkanes) is 2. The largest absolute Gasteiger partial charge is 0.355 e. The zero-order chi connectivity index (χ0) is 17.1. The summed E-state index contributed by atoms with van der Waals surface area (Å²) in [5.74, 6) is -0.202. The van der Waals surface area contributed by atoms with Gasteiger partial charge in [-0.15, -0.1) is 0 Å². The molecule has 1 unspecified atom stereocenters. The Morgan fingerprint density at radius 2 is 1.91 bits per heavy atom. The maximum Gasteiger partial charge on any atom is 0.238 e. The van der Waals surface area contributed by atoms with E-state index in [4.69, 9.17) is 0 Å². The van der Waals surface area contributed by atoms with Crippen LogP contribution in [0.2, 0.25) is 0 Å². The van der Waals surface area contributed by atoms with Gasteiger partial charge >= 0.3 is 0 Å². The lowest BCUT2D eigenvalue weighted by Crippen LogP contribution is -2.49. The molecule has 1 atom stereocenters. The third kappa shape index (κ3) is 4.05. The molecular formula is C16H28N2O4S. The van der Waals surface area contributed by atoms with Gasteiger partial charge in [0.25, 0.3) is 0 Å². The molecule has 1 aliphatic carbocycles. The summed E-state index contributed by atoms with van der Waals surface area (Å²) < 4.78 is 23.3.